The molecule has 0 saturated heterocycles. The Morgan fingerprint density at radius 2 is 1.85 bits per heavy atom. The van der Waals surface area contributed by atoms with Crippen LogP contribution in [0.5, 0.6) is 5.75 Å². The second-order valence-electron chi connectivity index (χ2n) is 5.49. The normalized spacial score (nSPS) is 10.2. The van der Waals surface area contributed by atoms with E-state index >= 15 is 0 Å². The van der Waals surface area contributed by atoms with Crippen molar-refractivity contribution < 1.29 is 18.7 Å². The minimum Gasteiger partial charge on any atom is -0.495 e. The van der Waals surface area contributed by atoms with Crippen molar-refractivity contribution in [3.63, 3.8) is 0 Å². The molecule has 0 unspecified atom stereocenters. The van der Waals surface area contributed by atoms with Crippen molar-refractivity contribution in [1.29, 1.82) is 0 Å². The van der Waals surface area contributed by atoms with Gasteiger partial charge in [-0.05, 0) is 30.3 Å². The zero-order valence-corrected chi connectivity index (χ0v) is 14.3. The van der Waals surface area contributed by atoms with E-state index in [1.165, 1.54) is 20.4 Å². The molecule has 132 valence electrons. The van der Waals surface area contributed by atoms with E-state index in [9.17, 15) is 9.59 Å². The maximum atomic E-state index is 12.4. The first-order chi connectivity index (χ1) is 12.6. The van der Waals surface area contributed by atoms with Crippen LogP contribution in [0.1, 0.15) is 17.3 Å². The van der Waals surface area contributed by atoms with Gasteiger partial charge in [0.25, 0.3) is 5.91 Å². The summed E-state index contributed by atoms with van der Waals surface area (Å²) in [6, 6.07) is 12.0. The zero-order valence-electron chi connectivity index (χ0n) is 14.3. The first-order valence-electron chi connectivity index (χ1n) is 7.82. The number of anilines is 2. The van der Waals surface area contributed by atoms with Gasteiger partial charge in [0, 0.05) is 23.7 Å². The first-order valence-corrected chi connectivity index (χ1v) is 7.82. The average Bonchev–Trinajstić information content (AvgIpc) is 3.16. The van der Waals surface area contributed by atoms with Crippen LogP contribution in [-0.4, -0.2) is 23.9 Å². The number of nitrogens with one attached hydrogen (secondary N) is 2. The fraction of sp³-hybridized carbons (Fsp3) is 0.105. The van der Waals surface area contributed by atoms with Crippen LogP contribution in [0, 0.1) is 0 Å². The molecule has 26 heavy (non-hydrogen) atoms. The molecule has 0 aliphatic carbocycles. The van der Waals surface area contributed by atoms with E-state index in [1.807, 2.05) is 0 Å². The van der Waals surface area contributed by atoms with E-state index < -0.39 is 0 Å². The Hall–Kier alpha value is -3.61. The number of methoxy groups -OCH3 is 1. The molecule has 0 bridgehead atoms. The third kappa shape index (κ3) is 3.89. The zero-order chi connectivity index (χ0) is 18.5. The summed E-state index contributed by atoms with van der Waals surface area (Å²) in [5.41, 5.74) is 2.35. The summed E-state index contributed by atoms with van der Waals surface area (Å²) in [6.45, 7) is 1.40. The van der Waals surface area contributed by atoms with Gasteiger partial charge in [0.1, 0.15) is 5.75 Å². The van der Waals surface area contributed by atoms with Gasteiger partial charge in [-0.15, -0.1) is 0 Å². The van der Waals surface area contributed by atoms with Gasteiger partial charge in [-0.2, -0.15) is 0 Å². The quantitative estimate of drug-likeness (QED) is 0.733. The summed E-state index contributed by atoms with van der Waals surface area (Å²) in [4.78, 5) is 27.6. The molecule has 3 rings (SSSR count). The lowest BCUT2D eigenvalue weighted by molar-refractivity contribution is -0.114. The molecular formula is C19H17N3O4. The first kappa shape index (κ1) is 17.2. The van der Waals surface area contributed by atoms with Crippen LogP contribution in [-0.2, 0) is 4.79 Å². The van der Waals surface area contributed by atoms with Gasteiger partial charge >= 0.3 is 0 Å². The Kier molecular flexibility index (Phi) is 4.98. The molecule has 7 heteroatoms. The van der Waals surface area contributed by atoms with Gasteiger partial charge in [0.15, 0.2) is 12.2 Å². The van der Waals surface area contributed by atoms with Gasteiger partial charge in [0.05, 0.1) is 19.0 Å². The SMILES string of the molecule is COc1ccc(NC(=O)c2ccc(-c3cnco3)cc2)cc1NC(C)=O. The summed E-state index contributed by atoms with van der Waals surface area (Å²) in [5, 5.41) is 5.47. The van der Waals surface area contributed by atoms with E-state index in [4.69, 9.17) is 9.15 Å². The highest BCUT2D eigenvalue weighted by Crippen LogP contribution is 2.28. The second kappa shape index (κ2) is 7.52. The van der Waals surface area contributed by atoms with Crippen molar-refractivity contribution in [2.75, 3.05) is 17.7 Å². The number of ether oxygens (including phenoxy) is 1. The molecular weight excluding hydrogens is 334 g/mol. The highest BCUT2D eigenvalue weighted by Gasteiger charge is 2.10. The lowest BCUT2D eigenvalue weighted by Crippen LogP contribution is -2.13. The van der Waals surface area contributed by atoms with Crippen molar-refractivity contribution in [1.82, 2.24) is 4.98 Å². The number of benzene rings is 2. The number of oxazole rings is 1. The molecule has 3 aromatic rings. The van der Waals surface area contributed by atoms with Crippen LogP contribution in [0.25, 0.3) is 11.3 Å². The van der Waals surface area contributed by atoms with Gasteiger partial charge in [0.2, 0.25) is 5.91 Å². The number of hydrogen-bond acceptors (Lipinski definition) is 5. The molecule has 0 fully saturated rings. The summed E-state index contributed by atoms with van der Waals surface area (Å²) >= 11 is 0. The Balaban J connectivity index is 1.76. The number of amides is 2. The van der Waals surface area contributed by atoms with Crippen LogP contribution < -0.4 is 15.4 Å². The summed E-state index contributed by atoms with van der Waals surface area (Å²) < 4.78 is 10.4. The summed E-state index contributed by atoms with van der Waals surface area (Å²) in [6.07, 6.45) is 2.96. The molecule has 1 aromatic heterocycles. The van der Waals surface area contributed by atoms with E-state index in [0.717, 1.165) is 5.56 Å². The lowest BCUT2D eigenvalue weighted by Gasteiger charge is -2.12. The molecule has 0 aliphatic rings. The molecule has 0 aliphatic heterocycles. The van der Waals surface area contributed by atoms with Gasteiger partial charge in [-0.3, -0.25) is 9.59 Å². The molecule has 2 N–H and O–H groups in total. The number of carbonyl (C=O) groups excluding carboxylic acids is 2. The Morgan fingerprint density at radius 1 is 1.08 bits per heavy atom. The van der Waals surface area contributed by atoms with E-state index in [1.54, 1.807) is 48.7 Å². The monoisotopic (exact) mass is 351 g/mol. The third-order valence-electron chi connectivity index (χ3n) is 3.63. The third-order valence-corrected chi connectivity index (χ3v) is 3.63. The molecule has 0 saturated carbocycles. The minimum absolute atomic E-state index is 0.227. The Morgan fingerprint density at radius 3 is 2.46 bits per heavy atom. The van der Waals surface area contributed by atoms with Gasteiger partial charge in [-0.25, -0.2) is 4.98 Å². The van der Waals surface area contributed by atoms with Crippen LogP contribution in [0.3, 0.4) is 0 Å². The standard InChI is InChI=1S/C19H17N3O4/c1-12(23)21-16-9-15(7-8-17(16)25-2)22-19(24)14-5-3-13(4-6-14)18-10-20-11-26-18/h3-11H,1-2H3,(H,21,23)(H,22,24). The fourth-order valence-corrected chi connectivity index (χ4v) is 2.42. The fourth-order valence-electron chi connectivity index (χ4n) is 2.42. The van der Waals surface area contributed by atoms with Crippen molar-refractivity contribution >= 4 is 23.2 Å². The second-order valence-corrected chi connectivity index (χ2v) is 5.49. The maximum Gasteiger partial charge on any atom is 0.255 e. The Labute approximate surface area is 150 Å². The van der Waals surface area contributed by atoms with Crippen LogP contribution in [0.2, 0.25) is 0 Å². The minimum atomic E-state index is -0.270. The smallest absolute Gasteiger partial charge is 0.255 e. The van der Waals surface area contributed by atoms with E-state index in [-0.39, 0.29) is 11.8 Å². The number of rotatable bonds is 5. The molecule has 2 amide bonds. The van der Waals surface area contributed by atoms with Crippen molar-refractivity contribution in [3.05, 3.63) is 60.6 Å². The van der Waals surface area contributed by atoms with Crippen LogP contribution in [0.15, 0.2) is 59.5 Å². The molecule has 0 spiro atoms. The molecule has 0 radical (unpaired) electrons. The maximum absolute atomic E-state index is 12.4. The van der Waals surface area contributed by atoms with Gasteiger partial charge in [-0.1, -0.05) is 12.1 Å². The molecule has 2 aromatic carbocycles. The van der Waals surface area contributed by atoms with Gasteiger partial charge < -0.3 is 19.8 Å². The summed E-state index contributed by atoms with van der Waals surface area (Å²) in [7, 11) is 1.51. The predicted octanol–water partition coefficient (Wildman–Crippen LogP) is 3.56. The lowest BCUT2D eigenvalue weighted by atomic mass is 10.1. The number of aromatic nitrogens is 1. The van der Waals surface area contributed by atoms with Crippen molar-refractivity contribution in [2.24, 2.45) is 0 Å². The molecule has 1 heterocycles. The van der Waals surface area contributed by atoms with Crippen LogP contribution in [0.4, 0.5) is 11.4 Å². The Bertz CT molecular complexity index is 918. The van der Waals surface area contributed by atoms with Crippen molar-refractivity contribution in [2.45, 2.75) is 6.92 Å². The predicted molar refractivity (Wildman–Crippen MR) is 97.2 cm³/mol. The molecule has 7 nitrogen and oxygen atoms in total. The number of carbonyl (C=O) groups is 2. The highest BCUT2D eigenvalue weighted by atomic mass is 16.5. The van der Waals surface area contributed by atoms with E-state index in [2.05, 4.69) is 15.6 Å². The molecule has 0 atom stereocenters. The number of hydrogen-bond donors (Lipinski definition) is 2. The summed E-state index contributed by atoms with van der Waals surface area (Å²) in [5.74, 6) is 0.643. The van der Waals surface area contributed by atoms with Crippen molar-refractivity contribution in [3.8, 4) is 17.1 Å². The number of nitrogens with zero attached hydrogens (tertiary/aromatic N) is 1. The largest absolute Gasteiger partial charge is 0.495 e. The average molecular weight is 351 g/mol. The van der Waals surface area contributed by atoms with E-state index in [0.29, 0.717) is 28.4 Å². The highest BCUT2D eigenvalue weighted by molar-refractivity contribution is 6.05. The van der Waals surface area contributed by atoms with Crippen LogP contribution >= 0.6 is 0 Å². The topological polar surface area (TPSA) is 93.5 Å².